The predicted octanol–water partition coefficient (Wildman–Crippen LogP) is 29.4. The van der Waals surface area contributed by atoms with E-state index in [1.54, 1.807) is 0 Å². The summed E-state index contributed by atoms with van der Waals surface area (Å²) in [5, 5.41) is 20.7. The number of allylic oxidation sites excluding steroid dienone is 28. The predicted molar refractivity (Wildman–Crippen MR) is 500 cm³/mol. The van der Waals surface area contributed by atoms with E-state index in [0.717, 1.165) is 173 Å². The number of unbranched alkanes of at least 4 members (excludes halogenated alkanes) is 38. The van der Waals surface area contributed by atoms with Gasteiger partial charge in [0.15, 0.2) is 6.10 Å². The van der Waals surface area contributed by atoms with Crippen LogP contribution in [-0.2, 0) is 55.8 Å². The van der Waals surface area contributed by atoms with Crippen molar-refractivity contribution in [3.63, 3.8) is 0 Å². The first kappa shape index (κ1) is 114. The number of rotatable bonds is 89. The van der Waals surface area contributed by atoms with E-state index in [4.69, 9.17) is 32.3 Å². The summed E-state index contributed by atoms with van der Waals surface area (Å²) in [7, 11) is -9.81. The number of aliphatic hydroxyl groups excluding tert-OH is 2. The Labute approximate surface area is 726 Å². The molecule has 5 atom stereocenters. The number of hydrogen-bond donors (Lipinski definition) is 4. The molecule has 0 amide bonds. The molecule has 18 heteroatoms. The van der Waals surface area contributed by atoms with Crippen LogP contribution in [0.1, 0.15) is 393 Å². The van der Waals surface area contributed by atoms with Crippen molar-refractivity contribution in [2.45, 2.75) is 411 Å². The standard InChI is InChI=1S/C101H172O16P2/c1-4-7-10-13-16-19-22-25-28-31-34-36-38-40-42-44-46-47-49-51-52-54-56-58-61-63-66-69-72-75-78-81-84-87-99(104)111-90-96(102)91-113-118(107,108)114-92-97(103)93-115-119(109,110)116-95-98(117-101(106)89-86-83-80-77-74-71-68-65-60-33-30-27-24-21-18-15-12-9-6-3)94-112-100(105)88-85-82-79-76-73-70-67-64-62-59-57-55-53-50-48-45-43-41-39-37-35-32-29-26-23-20-17-14-11-8-5-2/h7-8,10-11,16-21,25-30,34-37,40-43,46-47,60,65,96-98,102-103H,4-6,9,12-15,22-24,31-33,38-39,44-45,48-59,61-64,66-95H2,1-3H3,(H,107,108)(H,109,110)/b10-7-,11-8-,19-16-,20-17-,21-18-,28-25-,29-26-,30-27-,36-34-,37-35-,42-40-,43-41-,47-46-,65-60-. The largest absolute Gasteiger partial charge is 0.472 e. The number of esters is 3. The Morgan fingerprint density at radius 3 is 0.706 bits per heavy atom. The third-order valence-electron chi connectivity index (χ3n) is 19.9. The maximum absolute atomic E-state index is 13.1. The fourth-order valence-corrected chi connectivity index (χ4v) is 14.4. The van der Waals surface area contributed by atoms with Crippen LogP contribution in [0, 0.1) is 0 Å². The van der Waals surface area contributed by atoms with E-state index >= 15 is 0 Å². The molecule has 16 nitrogen and oxygen atoms in total. The van der Waals surface area contributed by atoms with Gasteiger partial charge in [0.25, 0.3) is 0 Å². The molecule has 0 aromatic rings. The van der Waals surface area contributed by atoms with Crippen LogP contribution < -0.4 is 0 Å². The number of carbonyl (C=O) groups is 3. The molecule has 0 aliphatic heterocycles. The van der Waals surface area contributed by atoms with Crippen molar-refractivity contribution in [1.82, 2.24) is 0 Å². The number of aliphatic hydroxyl groups is 2. The molecule has 0 aromatic carbocycles. The van der Waals surface area contributed by atoms with E-state index in [1.165, 1.54) is 161 Å². The lowest BCUT2D eigenvalue weighted by Gasteiger charge is -2.21. The molecule has 0 bridgehead atoms. The van der Waals surface area contributed by atoms with E-state index in [0.29, 0.717) is 19.3 Å². The van der Waals surface area contributed by atoms with Crippen molar-refractivity contribution in [3.8, 4) is 0 Å². The second-order valence-electron chi connectivity index (χ2n) is 31.4. The van der Waals surface area contributed by atoms with Crippen molar-refractivity contribution < 1.29 is 75.8 Å². The quantitative estimate of drug-likeness (QED) is 0.0146. The zero-order valence-electron chi connectivity index (χ0n) is 75.2. The highest BCUT2D eigenvalue weighted by atomic mass is 31.2. The first-order valence-electron chi connectivity index (χ1n) is 47.4. The van der Waals surface area contributed by atoms with Gasteiger partial charge >= 0.3 is 33.6 Å². The average molecular weight is 1700 g/mol. The summed E-state index contributed by atoms with van der Waals surface area (Å²) in [6.07, 6.45) is 120. The first-order chi connectivity index (χ1) is 58.2. The van der Waals surface area contributed by atoms with E-state index in [1.807, 2.05) is 0 Å². The first-order valence-corrected chi connectivity index (χ1v) is 50.4. The van der Waals surface area contributed by atoms with Crippen LogP contribution in [0.15, 0.2) is 170 Å². The van der Waals surface area contributed by atoms with Crippen molar-refractivity contribution in [1.29, 1.82) is 0 Å². The third kappa shape index (κ3) is 93.5. The maximum Gasteiger partial charge on any atom is 0.472 e. The Morgan fingerprint density at radius 1 is 0.244 bits per heavy atom. The van der Waals surface area contributed by atoms with Crippen molar-refractivity contribution >= 4 is 33.6 Å². The Morgan fingerprint density at radius 2 is 0.445 bits per heavy atom. The number of ether oxygens (including phenoxy) is 3. The van der Waals surface area contributed by atoms with Gasteiger partial charge in [-0.05, 0) is 154 Å². The van der Waals surface area contributed by atoms with E-state index in [2.05, 4.69) is 191 Å². The SMILES string of the molecule is CC/C=C\C/C=C\C/C=C\C/C=C\C/C=C\C/C=C\CCCCCCCCCCCCCCCCC(=O)OCC(O)COP(=O)(O)OCC(O)COP(=O)(O)OCC(COC(=O)CCCCCCCCCCCCCCCCC/C=C\C/C=C\C/C=C\C/C=C\C/C=C\CC)OC(=O)CCCCCCCC/C=C\C/C=C\C/C=C\CCCCC. The van der Waals surface area contributed by atoms with Gasteiger partial charge in [-0.15, -0.1) is 0 Å². The van der Waals surface area contributed by atoms with Crippen molar-refractivity contribution in [3.05, 3.63) is 170 Å². The van der Waals surface area contributed by atoms with Gasteiger partial charge in [-0.1, -0.05) is 390 Å². The summed E-state index contributed by atoms with van der Waals surface area (Å²) >= 11 is 0. The van der Waals surface area contributed by atoms with Crippen molar-refractivity contribution in [2.75, 3.05) is 39.6 Å². The number of hydrogen-bond acceptors (Lipinski definition) is 14. The summed E-state index contributed by atoms with van der Waals surface area (Å²) in [6.45, 7) is 2.46. The smallest absolute Gasteiger partial charge is 0.463 e. The summed E-state index contributed by atoms with van der Waals surface area (Å²) in [6, 6.07) is 0. The molecule has 0 aliphatic carbocycles. The van der Waals surface area contributed by atoms with Gasteiger partial charge in [-0.2, -0.15) is 0 Å². The molecule has 0 rings (SSSR count). The minimum Gasteiger partial charge on any atom is -0.463 e. The van der Waals surface area contributed by atoms with Gasteiger partial charge < -0.3 is 34.2 Å². The molecule has 0 heterocycles. The van der Waals surface area contributed by atoms with Gasteiger partial charge in [-0.25, -0.2) is 9.13 Å². The van der Waals surface area contributed by atoms with Gasteiger partial charge in [0.2, 0.25) is 0 Å². The average Bonchev–Trinajstić information content (AvgIpc) is 0.941. The molecule has 0 fully saturated rings. The van der Waals surface area contributed by atoms with Gasteiger partial charge in [0.05, 0.1) is 26.4 Å². The topological polar surface area (TPSA) is 231 Å². The molecule has 682 valence electrons. The van der Waals surface area contributed by atoms with Gasteiger partial charge in [-0.3, -0.25) is 32.5 Å². The van der Waals surface area contributed by atoms with Crippen LogP contribution in [0.2, 0.25) is 0 Å². The highest BCUT2D eigenvalue weighted by molar-refractivity contribution is 7.47. The Bertz CT molecular complexity index is 2840. The molecular weight excluding hydrogens is 1530 g/mol. The molecule has 119 heavy (non-hydrogen) atoms. The van der Waals surface area contributed by atoms with Crippen LogP contribution >= 0.6 is 15.6 Å². The van der Waals surface area contributed by atoms with Crippen LogP contribution in [0.5, 0.6) is 0 Å². The number of phosphoric ester groups is 2. The van der Waals surface area contributed by atoms with Gasteiger partial charge in [0, 0.05) is 19.3 Å². The molecule has 0 aromatic heterocycles. The highest BCUT2D eigenvalue weighted by Crippen LogP contribution is 2.45. The van der Waals surface area contributed by atoms with Crippen LogP contribution in [0.3, 0.4) is 0 Å². The van der Waals surface area contributed by atoms with Gasteiger partial charge in [0.1, 0.15) is 25.4 Å². The second kappa shape index (κ2) is 92.1. The Kier molecular flexibility index (Phi) is 88.2. The molecule has 5 unspecified atom stereocenters. The number of phosphoric acid groups is 2. The second-order valence-corrected chi connectivity index (χ2v) is 34.3. The molecule has 4 N–H and O–H groups in total. The van der Waals surface area contributed by atoms with E-state index in [-0.39, 0.29) is 19.3 Å². The minimum absolute atomic E-state index is 0.0878. The monoisotopic (exact) mass is 1700 g/mol. The molecule has 0 saturated heterocycles. The van der Waals surface area contributed by atoms with Crippen LogP contribution in [-0.4, -0.2) is 95.9 Å². The van der Waals surface area contributed by atoms with Crippen LogP contribution in [0.4, 0.5) is 0 Å². The molecule has 0 radical (unpaired) electrons. The lowest BCUT2D eigenvalue weighted by Crippen LogP contribution is -2.30. The minimum atomic E-state index is -4.95. The van der Waals surface area contributed by atoms with Crippen LogP contribution in [0.25, 0.3) is 0 Å². The maximum atomic E-state index is 13.1. The summed E-state index contributed by atoms with van der Waals surface area (Å²) in [5.41, 5.74) is 0. The number of carbonyl (C=O) groups excluding carboxylic acids is 3. The fraction of sp³-hybridized carbons (Fsp3) is 0.693. The fourth-order valence-electron chi connectivity index (χ4n) is 12.8. The summed E-state index contributed by atoms with van der Waals surface area (Å²) in [4.78, 5) is 59.0. The van der Waals surface area contributed by atoms with E-state index in [9.17, 15) is 43.5 Å². The summed E-state index contributed by atoms with van der Waals surface area (Å²) < 4.78 is 61.5. The highest BCUT2D eigenvalue weighted by Gasteiger charge is 2.30. The molecule has 0 spiro atoms. The summed E-state index contributed by atoms with van der Waals surface area (Å²) in [5.74, 6) is -1.58. The molecular formula is C101H172O16P2. The normalized spacial score (nSPS) is 14.5. The lowest BCUT2D eigenvalue weighted by molar-refractivity contribution is -0.161. The molecule has 0 saturated carbocycles. The Balaban J connectivity index is 4.54. The van der Waals surface area contributed by atoms with E-state index < -0.39 is 91.5 Å². The zero-order chi connectivity index (χ0) is 86.5. The van der Waals surface area contributed by atoms with Crippen molar-refractivity contribution in [2.24, 2.45) is 0 Å². The lowest BCUT2D eigenvalue weighted by atomic mass is 10.0. The zero-order valence-corrected chi connectivity index (χ0v) is 77.0. The Hall–Kier alpha value is -5.09. The third-order valence-corrected chi connectivity index (χ3v) is 21.8. The molecule has 0 aliphatic rings.